The van der Waals surface area contributed by atoms with Gasteiger partial charge in [0.05, 0.1) is 11.4 Å². The van der Waals surface area contributed by atoms with Crippen LogP contribution in [0.15, 0.2) is 54.9 Å². The fourth-order valence-corrected chi connectivity index (χ4v) is 3.70. The predicted octanol–water partition coefficient (Wildman–Crippen LogP) is 5.07. The van der Waals surface area contributed by atoms with Gasteiger partial charge in [-0.2, -0.15) is 0 Å². The third kappa shape index (κ3) is 4.60. The van der Waals surface area contributed by atoms with Gasteiger partial charge in [0, 0.05) is 24.5 Å². The van der Waals surface area contributed by atoms with Crippen LogP contribution in [0.3, 0.4) is 0 Å². The molecule has 32 heavy (non-hydrogen) atoms. The number of amides is 1. The summed E-state index contributed by atoms with van der Waals surface area (Å²) >= 11 is 0. The number of hydrogen-bond donors (Lipinski definition) is 1. The van der Waals surface area contributed by atoms with Gasteiger partial charge in [-0.05, 0) is 63.1 Å². The van der Waals surface area contributed by atoms with Crippen molar-refractivity contribution in [2.24, 2.45) is 0 Å². The molecule has 4 rings (SSSR count). The smallest absolute Gasteiger partial charge is 0.269 e. The number of hydrogen-bond acceptors (Lipinski definition) is 4. The second kappa shape index (κ2) is 9.83. The van der Waals surface area contributed by atoms with Crippen LogP contribution in [-0.2, 0) is 6.61 Å². The number of nitrogens with zero attached hydrogens (tertiary/aromatic N) is 3. The number of carbonyl (C=O) groups is 1. The van der Waals surface area contributed by atoms with Crippen LogP contribution in [0.1, 0.15) is 39.8 Å². The van der Waals surface area contributed by atoms with Crippen molar-refractivity contribution in [1.82, 2.24) is 19.7 Å². The van der Waals surface area contributed by atoms with Gasteiger partial charge in [-0.3, -0.25) is 14.2 Å². The van der Waals surface area contributed by atoms with E-state index in [1.54, 1.807) is 12.3 Å². The van der Waals surface area contributed by atoms with Crippen molar-refractivity contribution in [3.63, 3.8) is 0 Å². The number of carbonyl (C=O) groups excluding carboxylic acids is 1. The summed E-state index contributed by atoms with van der Waals surface area (Å²) in [5.74, 6) is 0.551. The maximum atomic E-state index is 12.0. The van der Waals surface area contributed by atoms with Crippen molar-refractivity contribution >= 4 is 24.0 Å². The van der Waals surface area contributed by atoms with E-state index in [1.807, 2.05) is 42.6 Å². The second-order valence-electron chi connectivity index (χ2n) is 7.62. The molecule has 3 heterocycles. The quantitative estimate of drug-likeness (QED) is 0.445. The Bertz CT molecular complexity index is 1250. The van der Waals surface area contributed by atoms with Gasteiger partial charge in [0.1, 0.15) is 12.3 Å². The molecule has 0 spiro atoms. The zero-order valence-electron chi connectivity index (χ0n) is 18.7. The Morgan fingerprint density at radius 3 is 2.62 bits per heavy atom. The molecule has 0 radical (unpaired) electrons. The van der Waals surface area contributed by atoms with Crippen LogP contribution >= 0.6 is 12.4 Å². The van der Waals surface area contributed by atoms with Crippen LogP contribution < -0.4 is 10.1 Å². The average Bonchev–Trinajstić information content (AvgIpc) is 3.10. The molecule has 3 aromatic heterocycles. The Kier molecular flexibility index (Phi) is 7.15. The maximum absolute atomic E-state index is 12.0. The second-order valence-corrected chi connectivity index (χ2v) is 7.62. The van der Waals surface area contributed by atoms with Crippen LogP contribution in [0.4, 0.5) is 0 Å². The van der Waals surface area contributed by atoms with Crippen molar-refractivity contribution in [2.75, 3.05) is 6.54 Å². The summed E-state index contributed by atoms with van der Waals surface area (Å²) in [5.41, 5.74) is 7.46. The molecule has 1 N–H and O–H groups in total. The number of imidazole rings is 1. The van der Waals surface area contributed by atoms with Crippen LogP contribution in [0.5, 0.6) is 5.75 Å². The molecule has 1 aromatic carbocycles. The molecular formula is C25H27ClN4O2. The first kappa shape index (κ1) is 23.3. The van der Waals surface area contributed by atoms with Crippen LogP contribution in [0.25, 0.3) is 16.9 Å². The van der Waals surface area contributed by atoms with Crippen molar-refractivity contribution in [3.05, 3.63) is 82.9 Å². The van der Waals surface area contributed by atoms with E-state index in [0.29, 0.717) is 18.8 Å². The van der Waals surface area contributed by atoms with E-state index in [-0.39, 0.29) is 18.3 Å². The molecular weight excluding hydrogens is 424 g/mol. The Morgan fingerprint density at radius 2 is 1.94 bits per heavy atom. The van der Waals surface area contributed by atoms with Crippen LogP contribution in [-0.4, -0.2) is 26.8 Å². The Morgan fingerprint density at radius 1 is 1.12 bits per heavy atom. The molecule has 0 aliphatic rings. The first-order valence-electron chi connectivity index (χ1n) is 10.4. The Labute approximate surface area is 194 Å². The molecule has 0 saturated heterocycles. The van der Waals surface area contributed by atoms with Gasteiger partial charge in [0.2, 0.25) is 0 Å². The van der Waals surface area contributed by atoms with Crippen molar-refractivity contribution < 1.29 is 9.53 Å². The third-order valence-electron chi connectivity index (χ3n) is 5.28. The summed E-state index contributed by atoms with van der Waals surface area (Å²) in [4.78, 5) is 21.1. The lowest BCUT2D eigenvalue weighted by Crippen LogP contribution is -2.23. The van der Waals surface area contributed by atoms with Gasteiger partial charge < -0.3 is 10.1 Å². The van der Waals surface area contributed by atoms with Crippen LogP contribution in [0, 0.1) is 20.8 Å². The first-order valence-corrected chi connectivity index (χ1v) is 10.4. The van der Waals surface area contributed by atoms with E-state index in [1.165, 1.54) is 11.1 Å². The molecule has 0 saturated carbocycles. The van der Waals surface area contributed by atoms with Gasteiger partial charge >= 0.3 is 0 Å². The lowest BCUT2D eigenvalue weighted by atomic mass is 10.1. The number of fused-ring (bicyclic) bond motifs is 1. The number of benzene rings is 1. The molecule has 0 bridgehead atoms. The molecule has 0 atom stereocenters. The molecule has 7 heteroatoms. The van der Waals surface area contributed by atoms with Gasteiger partial charge in [-0.15, -0.1) is 12.4 Å². The number of pyridine rings is 2. The van der Waals surface area contributed by atoms with Gasteiger partial charge in [0.15, 0.2) is 11.4 Å². The molecule has 0 aliphatic heterocycles. The highest BCUT2D eigenvalue weighted by atomic mass is 35.5. The summed E-state index contributed by atoms with van der Waals surface area (Å²) in [7, 11) is 0. The van der Waals surface area contributed by atoms with Gasteiger partial charge in [-0.25, -0.2) is 4.98 Å². The van der Waals surface area contributed by atoms with Crippen molar-refractivity contribution in [3.8, 4) is 17.0 Å². The summed E-state index contributed by atoms with van der Waals surface area (Å²) in [6, 6.07) is 13.9. The zero-order valence-corrected chi connectivity index (χ0v) is 19.5. The minimum atomic E-state index is -0.175. The number of rotatable bonds is 6. The van der Waals surface area contributed by atoms with Crippen molar-refractivity contribution in [2.45, 2.75) is 34.3 Å². The van der Waals surface area contributed by atoms with Crippen molar-refractivity contribution in [1.29, 1.82) is 0 Å². The molecule has 6 nitrogen and oxygen atoms in total. The summed E-state index contributed by atoms with van der Waals surface area (Å²) < 4.78 is 8.17. The Balaban J connectivity index is 0.00000289. The number of nitrogens with one attached hydrogen (secondary N) is 1. The molecule has 1 amide bonds. The van der Waals surface area contributed by atoms with Crippen LogP contribution in [0.2, 0.25) is 0 Å². The van der Waals surface area contributed by atoms with Gasteiger partial charge in [0.25, 0.3) is 5.91 Å². The normalized spacial score (nSPS) is 10.6. The summed E-state index contributed by atoms with van der Waals surface area (Å²) in [5, 5.41) is 2.76. The molecule has 4 aromatic rings. The minimum Gasteiger partial charge on any atom is -0.485 e. The number of ether oxygens (including phenoxy) is 1. The zero-order chi connectivity index (χ0) is 22.0. The van der Waals surface area contributed by atoms with E-state index in [4.69, 9.17) is 9.72 Å². The Hall–Kier alpha value is -3.38. The first-order chi connectivity index (χ1) is 15.0. The van der Waals surface area contributed by atoms with E-state index in [9.17, 15) is 4.79 Å². The highest BCUT2D eigenvalue weighted by Crippen LogP contribution is 2.29. The predicted molar refractivity (Wildman–Crippen MR) is 129 cm³/mol. The highest BCUT2D eigenvalue weighted by molar-refractivity contribution is 5.92. The number of halogens is 1. The van der Waals surface area contributed by atoms with E-state index >= 15 is 0 Å². The summed E-state index contributed by atoms with van der Waals surface area (Å²) in [6.45, 7) is 9.09. The highest BCUT2D eigenvalue weighted by Gasteiger charge is 2.16. The number of aryl methyl sites for hydroxylation is 3. The standard InChI is InChI=1S/C25H26N4O2.ClH/c1-5-26-25(30)21-11-10-19(14-27-21)23-18(4)28-24-22(7-6-12-29(23)24)31-15-20-9-8-16(2)13-17(20)3;/h6-14H,5,15H2,1-4H3,(H,26,30);1H. The number of aromatic nitrogens is 3. The lowest BCUT2D eigenvalue weighted by molar-refractivity contribution is 0.0951. The maximum Gasteiger partial charge on any atom is 0.269 e. The minimum absolute atomic E-state index is 0. The molecule has 166 valence electrons. The monoisotopic (exact) mass is 450 g/mol. The lowest BCUT2D eigenvalue weighted by Gasteiger charge is -2.11. The molecule has 0 unspecified atom stereocenters. The molecule has 0 fully saturated rings. The van der Waals surface area contributed by atoms with E-state index in [2.05, 4.69) is 42.3 Å². The fourth-order valence-electron chi connectivity index (χ4n) is 3.70. The van der Waals surface area contributed by atoms with Gasteiger partial charge in [-0.1, -0.05) is 23.8 Å². The van der Waals surface area contributed by atoms with E-state index < -0.39 is 0 Å². The topological polar surface area (TPSA) is 68.5 Å². The van der Waals surface area contributed by atoms with E-state index in [0.717, 1.165) is 33.9 Å². The largest absolute Gasteiger partial charge is 0.485 e. The molecule has 0 aliphatic carbocycles. The summed E-state index contributed by atoms with van der Waals surface area (Å²) in [6.07, 6.45) is 3.68. The third-order valence-corrected chi connectivity index (χ3v) is 5.28. The fraction of sp³-hybridized carbons (Fsp3) is 0.240. The SMILES string of the molecule is CCNC(=O)c1ccc(-c2c(C)nc3c(OCc4ccc(C)cc4C)cccn23)cn1.Cl. The average molecular weight is 451 g/mol.